The molecule has 3 N–H and O–H groups in total. The van der Waals surface area contributed by atoms with Gasteiger partial charge in [-0.1, -0.05) is 12.1 Å². The van der Waals surface area contributed by atoms with Crippen LogP contribution < -0.4 is 11.1 Å². The van der Waals surface area contributed by atoms with Gasteiger partial charge in [-0.3, -0.25) is 14.9 Å². The second-order valence-electron chi connectivity index (χ2n) is 6.26. The second-order valence-corrected chi connectivity index (χ2v) is 8.60. The van der Waals surface area contributed by atoms with Crippen LogP contribution in [0, 0.1) is 10.1 Å². The molecule has 0 radical (unpaired) electrons. The molecule has 0 unspecified atom stereocenters. The third-order valence-corrected chi connectivity index (χ3v) is 6.17. The topological polar surface area (TPSA) is 150 Å². The van der Waals surface area contributed by atoms with E-state index >= 15 is 0 Å². The SMILES string of the molecule is CC(C)S(=O)(=O)n1c(N)nc2cc(NC(=O)c3ccccc3[N+](=O)[O-])ccc21. The van der Waals surface area contributed by atoms with Gasteiger partial charge in [0.05, 0.1) is 21.2 Å². The Hall–Kier alpha value is -3.47. The van der Waals surface area contributed by atoms with Crippen molar-refractivity contribution < 1.29 is 18.1 Å². The van der Waals surface area contributed by atoms with Gasteiger partial charge in [0.15, 0.2) is 0 Å². The van der Waals surface area contributed by atoms with E-state index in [-0.39, 0.29) is 28.2 Å². The smallest absolute Gasteiger partial charge is 0.282 e. The van der Waals surface area contributed by atoms with Crippen molar-refractivity contribution in [2.24, 2.45) is 0 Å². The molecule has 10 nitrogen and oxygen atoms in total. The molecular formula is C17H17N5O5S. The molecule has 0 aliphatic rings. The Morgan fingerprint density at radius 1 is 1.25 bits per heavy atom. The van der Waals surface area contributed by atoms with Crippen molar-refractivity contribution in [1.29, 1.82) is 0 Å². The summed E-state index contributed by atoms with van der Waals surface area (Å²) in [6.07, 6.45) is 0. The molecule has 1 heterocycles. The summed E-state index contributed by atoms with van der Waals surface area (Å²) in [5.74, 6) is -0.861. The van der Waals surface area contributed by atoms with E-state index in [0.717, 1.165) is 3.97 Å². The number of hydrogen-bond donors (Lipinski definition) is 2. The number of nitro groups is 1. The number of rotatable bonds is 5. The van der Waals surface area contributed by atoms with Gasteiger partial charge in [0.2, 0.25) is 16.0 Å². The third-order valence-electron chi connectivity index (χ3n) is 4.09. The number of nitrogens with one attached hydrogen (secondary N) is 1. The van der Waals surface area contributed by atoms with E-state index in [1.807, 2.05) is 0 Å². The highest BCUT2D eigenvalue weighted by Crippen LogP contribution is 2.26. The van der Waals surface area contributed by atoms with Gasteiger partial charge >= 0.3 is 0 Å². The van der Waals surface area contributed by atoms with Crippen molar-refractivity contribution in [3.8, 4) is 0 Å². The highest BCUT2D eigenvalue weighted by atomic mass is 32.2. The molecule has 1 amide bonds. The van der Waals surface area contributed by atoms with E-state index in [2.05, 4.69) is 10.3 Å². The molecule has 0 aliphatic carbocycles. The minimum atomic E-state index is -3.72. The second kappa shape index (κ2) is 6.93. The highest BCUT2D eigenvalue weighted by Gasteiger charge is 2.25. The number of fused-ring (bicyclic) bond motifs is 1. The lowest BCUT2D eigenvalue weighted by Gasteiger charge is -2.11. The molecule has 0 saturated heterocycles. The van der Waals surface area contributed by atoms with Crippen LogP contribution in [-0.4, -0.2) is 33.5 Å². The summed E-state index contributed by atoms with van der Waals surface area (Å²) in [5, 5.41) is 12.9. The predicted octanol–water partition coefficient (Wildman–Crippen LogP) is 2.37. The number of hydrogen-bond acceptors (Lipinski definition) is 7. The van der Waals surface area contributed by atoms with Crippen molar-refractivity contribution in [2.45, 2.75) is 19.1 Å². The molecule has 0 aliphatic heterocycles. The number of nitrogens with zero attached hydrogens (tertiary/aromatic N) is 3. The van der Waals surface area contributed by atoms with Crippen LogP contribution in [0.25, 0.3) is 11.0 Å². The van der Waals surface area contributed by atoms with E-state index in [4.69, 9.17) is 5.73 Å². The highest BCUT2D eigenvalue weighted by molar-refractivity contribution is 7.90. The Kier molecular flexibility index (Phi) is 4.77. The first-order valence-corrected chi connectivity index (χ1v) is 9.70. The van der Waals surface area contributed by atoms with Gasteiger partial charge in [0.1, 0.15) is 5.56 Å². The lowest BCUT2D eigenvalue weighted by molar-refractivity contribution is -0.385. The predicted molar refractivity (Wildman–Crippen MR) is 105 cm³/mol. The molecule has 3 rings (SSSR count). The van der Waals surface area contributed by atoms with Crippen LogP contribution in [0.1, 0.15) is 24.2 Å². The zero-order valence-corrected chi connectivity index (χ0v) is 15.8. The van der Waals surface area contributed by atoms with Crippen molar-refractivity contribution in [3.63, 3.8) is 0 Å². The Labute approximate surface area is 160 Å². The number of nitrogens with two attached hydrogens (primary N) is 1. The molecule has 0 saturated carbocycles. The quantitative estimate of drug-likeness (QED) is 0.490. The van der Waals surface area contributed by atoms with Crippen molar-refractivity contribution in [1.82, 2.24) is 8.96 Å². The average molecular weight is 403 g/mol. The molecule has 146 valence electrons. The number of amides is 1. The summed E-state index contributed by atoms with van der Waals surface area (Å²) in [4.78, 5) is 26.9. The molecule has 0 fully saturated rings. The number of nitro benzene ring substituents is 1. The fourth-order valence-corrected chi connectivity index (χ4v) is 3.81. The molecule has 0 spiro atoms. The number of nitrogen functional groups attached to an aromatic ring is 1. The number of anilines is 2. The Morgan fingerprint density at radius 2 is 1.93 bits per heavy atom. The van der Waals surface area contributed by atoms with Gasteiger partial charge < -0.3 is 11.1 Å². The summed E-state index contributed by atoms with van der Waals surface area (Å²) in [7, 11) is -3.72. The number of carbonyl (C=O) groups excluding carboxylic acids is 1. The number of aromatic nitrogens is 2. The van der Waals surface area contributed by atoms with Gasteiger partial charge in [0.25, 0.3) is 11.6 Å². The number of para-hydroxylation sites is 1. The van der Waals surface area contributed by atoms with E-state index < -0.39 is 26.1 Å². The Balaban J connectivity index is 1.99. The Morgan fingerprint density at radius 3 is 2.57 bits per heavy atom. The van der Waals surface area contributed by atoms with Crippen LogP contribution in [0.2, 0.25) is 0 Å². The maximum atomic E-state index is 12.5. The normalized spacial score (nSPS) is 11.7. The first-order valence-electron chi connectivity index (χ1n) is 8.20. The maximum absolute atomic E-state index is 12.5. The van der Waals surface area contributed by atoms with Gasteiger partial charge in [-0.15, -0.1) is 0 Å². The average Bonchev–Trinajstić information content (AvgIpc) is 2.97. The van der Waals surface area contributed by atoms with Gasteiger partial charge in [0, 0.05) is 11.8 Å². The lowest BCUT2D eigenvalue weighted by atomic mass is 10.1. The summed E-state index contributed by atoms with van der Waals surface area (Å²) >= 11 is 0. The molecule has 0 atom stereocenters. The maximum Gasteiger partial charge on any atom is 0.282 e. The monoisotopic (exact) mass is 403 g/mol. The van der Waals surface area contributed by atoms with E-state index in [0.29, 0.717) is 5.69 Å². The molecule has 0 bridgehead atoms. The van der Waals surface area contributed by atoms with Crippen LogP contribution in [0.3, 0.4) is 0 Å². The number of benzene rings is 2. The zero-order valence-electron chi connectivity index (χ0n) is 15.0. The van der Waals surface area contributed by atoms with Crippen molar-refractivity contribution in [2.75, 3.05) is 11.1 Å². The standard InChI is InChI=1S/C17H17N5O5S/c1-10(2)28(26,27)21-15-8-7-11(9-13(15)20-17(21)18)19-16(23)12-5-3-4-6-14(12)22(24)25/h3-10H,1-2H3,(H2,18,20)(H,19,23). The van der Waals surface area contributed by atoms with Crippen LogP contribution >= 0.6 is 0 Å². The summed E-state index contributed by atoms with van der Waals surface area (Å²) in [5.41, 5.74) is 6.20. The summed E-state index contributed by atoms with van der Waals surface area (Å²) in [6, 6.07) is 9.95. The van der Waals surface area contributed by atoms with E-state index in [1.54, 1.807) is 0 Å². The molecule has 3 aromatic rings. The first-order chi connectivity index (χ1) is 13.1. The van der Waals surface area contributed by atoms with Gasteiger partial charge in [-0.2, -0.15) is 0 Å². The molecule has 1 aromatic heterocycles. The number of imidazole rings is 1. The summed E-state index contributed by atoms with van der Waals surface area (Å²) < 4.78 is 25.9. The molecule has 28 heavy (non-hydrogen) atoms. The van der Waals surface area contributed by atoms with Crippen molar-refractivity contribution in [3.05, 3.63) is 58.1 Å². The molecular weight excluding hydrogens is 386 g/mol. The van der Waals surface area contributed by atoms with Crippen molar-refractivity contribution >= 4 is 44.3 Å². The Bertz CT molecular complexity index is 1200. The van der Waals surface area contributed by atoms with Crippen LogP contribution in [0.5, 0.6) is 0 Å². The van der Waals surface area contributed by atoms with Gasteiger partial charge in [-0.25, -0.2) is 17.4 Å². The van der Waals surface area contributed by atoms with Crippen LogP contribution in [0.4, 0.5) is 17.3 Å². The first kappa shape index (κ1) is 19.3. The van der Waals surface area contributed by atoms with Crippen LogP contribution in [0.15, 0.2) is 42.5 Å². The zero-order chi connectivity index (χ0) is 20.6. The minimum Gasteiger partial charge on any atom is -0.368 e. The fraction of sp³-hybridized carbons (Fsp3) is 0.176. The lowest BCUT2D eigenvalue weighted by Crippen LogP contribution is -2.23. The summed E-state index contributed by atoms with van der Waals surface area (Å²) in [6.45, 7) is 3.06. The van der Waals surface area contributed by atoms with E-state index in [9.17, 15) is 23.3 Å². The third kappa shape index (κ3) is 3.27. The molecule has 11 heteroatoms. The number of carbonyl (C=O) groups is 1. The fourth-order valence-electron chi connectivity index (χ4n) is 2.66. The molecule has 2 aromatic carbocycles. The van der Waals surface area contributed by atoms with E-state index in [1.165, 1.54) is 56.3 Å². The minimum absolute atomic E-state index is 0.0972. The largest absolute Gasteiger partial charge is 0.368 e. The van der Waals surface area contributed by atoms with Crippen LogP contribution in [-0.2, 0) is 10.0 Å². The van der Waals surface area contributed by atoms with Gasteiger partial charge in [-0.05, 0) is 38.1 Å².